The summed E-state index contributed by atoms with van der Waals surface area (Å²) in [6.07, 6.45) is 1.39. The lowest BCUT2D eigenvalue weighted by atomic mass is 10.1. The number of nitrogens with zero attached hydrogens (tertiary/aromatic N) is 4. The van der Waals surface area contributed by atoms with E-state index < -0.39 is 29.5 Å². The number of anilines is 1. The zero-order valence-electron chi connectivity index (χ0n) is 19.3. The van der Waals surface area contributed by atoms with Gasteiger partial charge in [0.15, 0.2) is 0 Å². The Morgan fingerprint density at radius 3 is 2.38 bits per heavy atom. The Kier molecular flexibility index (Phi) is 6.55. The number of piperazine rings is 1. The minimum Gasteiger partial charge on any atom is -0.446 e. The lowest BCUT2D eigenvalue weighted by molar-refractivity contribution is -0.138. The molecule has 2 fully saturated rings. The fraction of sp³-hybridized carbons (Fsp3) is 0.565. The van der Waals surface area contributed by atoms with Gasteiger partial charge in [-0.2, -0.15) is 13.2 Å². The normalized spacial score (nSPS) is 21.9. The van der Waals surface area contributed by atoms with Gasteiger partial charge in [0, 0.05) is 38.1 Å². The highest BCUT2D eigenvalue weighted by molar-refractivity contribution is 5.69. The van der Waals surface area contributed by atoms with Crippen LogP contribution < -0.4 is 10.5 Å². The van der Waals surface area contributed by atoms with Crippen LogP contribution in [0.4, 0.5) is 23.9 Å². The first kappa shape index (κ1) is 24.0. The highest BCUT2D eigenvalue weighted by Gasteiger charge is 2.36. The molecule has 34 heavy (non-hydrogen) atoms. The Morgan fingerprint density at radius 2 is 1.82 bits per heavy atom. The third-order valence-corrected chi connectivity index (χ3v) is 6.21. The molecule has 2 aromatic heterocycles. The minimum absolute atomic E-state index is 0.0372. The Bertz CT molecular complexity index is 1070. The van der Waals surface area contributed by atoms with Crippen LogP contribution in [0.15, 0.2) is 29.5 Å². The van der Waals surface area contributed by atoms with Crippen LogP contribution in [0.25, 0.3) is 0 Å². The van der Waals surface area contributed by atoms with Gasteiger partial charge in [0.25, 0.3) is 5.56 Å². The van der Waals surface area contributed by atoms with E-state index in [0.29, 0.717) is 25.0 Å². The van der Waals surface area contributed by atoms with Crippen LogP contribution in [-0.4, -0.2) is 57.2 Å². The number of pyridine rings is 1. The van der Waals surface area contributed by atoms with Crippen molar-refractivity contribution in [2.45, 2.75) is 70.3 Å². The summed E-state index contributed by atoms with van der Waals surface area (Å²) in [6, 6.07) is 0.432. The molecule has 0 radical (unpaired) electrons. The smallest absolute Gasteiger partial charge is 0.421 e. The number of nitrogens with one attached hydrogen (secondary N) is 1. The minimum atomic E-state index is -4.75. The Labute approximate surface area is 195 Å². The molecule has 2 aliphatic rings. The van der Waals surface area contributed by atoms with Gasteiger partial charge < -0.3 is 14.6 Å². The maximum absolute atomic E-state index is 13.0. The molecule has 11 heteroatoms. The van der Waals surface area contributed by atoms with Gasteiger partial charge in [-0.05, 0) is 56.7 Å². The third-order valence-electron chi connectivity index (χ3n) is 6.21. The number of carbonyl (C=O) groups excluding carboxylic acids is 1. The van der Waals surface area contributed by atoms with Crippen LogP contribution in [-0.2, 0) is 17.3 Å². The predicted molar refractivity (Wildman–Crippen MR) is 119 cm³/mol. The van der Waals surface area contributed by atoms with Crippen molar-refractivity contribution in [3.05, 3.63) is 51.7 Å². The van der Waals surface area contributed by atoms with Crippen molar-refractivity contribution in [1.29, 1.82) is 0 Å². The molecule has 1 N–H and O–H groups in total. The van der Waals surface area contributed by atoms with Crippen molar-refractivity contribution in [3.8, 4) is 0 Å². The highest BCUT2D eigenvalue weighted by Crippen LogP contribution is 2.39. The monoisotopic (exact) mass is 479 g/mol. The van der Waals surface area contributed by atoms with Crippen LogP contribution in [0.2, 0.25) is 0 Å². The molecule has 1 aliphatic carbocycles. The Balaban J connectivity index is 1.36. The van der Waals surface area contributed by atoms with E-state index >= 15 is 0 Å². The fourth-order valence-corrected chi connectivity index (χ4v) is 4.43. The summed E-state index contributed by atoms with van der Waals surface area (Å²) in [5.41, 5.74) is -1.09. The second-order valence-electron chi connectivity index (χ2n) is 9.25. The molecule has 1 aliphatic heterocycles. The van der Waals surface area contributed by atoms with Gasteiger partial charge in [0.2, 0.25) is 5.95 Å². The number of halogens is 3. The number of carbonyl (C=O) groups is 1. The van der Waals surface area contributed by atoms with Crippen LogP contribution in [0.1, 0.15) is 56.2 Å². The van der Waals surface area contributed by atoms with Gasteiger partial charge in [-0.25, -0.2) is 14.8 Å². The molecule has 3 atom stereocenters. The summed E-state index contributed by atoms with van der Waals surface area (Å²) in [7, 11) is 0. The van der Waals surface area contributed by atoms with Crippen LogP contribution in [0.3, 0.4) is 0 Å². The average molecular weight is 480 g/mol. The molecule has 8 nitrogen and oxygen atoms in total. The van der Waals surface area contributed by atoms with Gasteiger partial charge in [0.1, 0.15) is 11.7 Å². The van der Waals surface area contributed by atoms with Gasteiger partial charge in [-0.15, -0.1) is 0 Å². The molecule has 0 bridgehead atoms. The van der Waals surface area contributed by atoms with E-state index in [9.17, 15) is 22.8 Å². The zero-order chi connectivity index (χ0) is 24.6. The second kappa shape index (κ2) is 9.27. The first-order valence-electron chi connectivity index (χ1n) is 11.4. The number of hydrogen-bond acceptors (Lipinski definition) is 6. The molecule has 1 saturated carbocycles. The first-order valence-corrected chi connectivity index (χ1v) is 11.4. The van der Waals surface area contributed by atoms with Crippen molar-refractivity contribution in [2.75, 3.05) is 18.0 Å². The molecule has 1 saturated heterocycles. The summed E-state index contributed by atoms with van der Waals surface area (Å²) < 4.78 is 44.5. The second-order valence-corrected chi connectivity index (χ2v) is 9.25. The number of alkyl halides is 3. The van der Waals surface area contributed by atoms with E-state index in [1.807, 2.05) is 31.1 Å². The summed E-state index contributed by atoms with van der Waals surface area (Å²) in [6.45, 7) is 6.49. The molecule has 184 valence electrons. The largest absolute Gasteiger partial charge is 0.446 e. The molecule has 0 aromatic carbocycles. The fourth-order valence-electron chi connectivity index (χ4n) is 4.43. The number of ether oxygens (including phenoxy) is 1. The van der Waals surface area contributed by atoms with Gasteiger partial charge in [-0.1, -0.05) is 0 Å². The molecule has 4 rings (SSSR count). The predicted octanol–water partition coefficient (Wildman–Crippen LogP) is 3.73. The van der Waals surface area contributed by atoms with Crippen molar-refractivity contribution in [2.24, 2.45) is 0 Å². The molecule has 0 spiro atoms. The summed E-state index contributed by atoms with van der Waals surface area (Å²) in [5, 5.41) is 0. The molecule has 3 heterocycles. The van der Waals surface area contributed by atoms with Crippen molar-refractivity contribution in [3.63, 3.8) is 0 Å². The summed E-state index contributed by atoms with van der Waals surface area (Å²) >= 11 is 0. The van der Waals surface area contributed by atoms with E-state index in [4.69, 9.17) is 4.74 Å². The number of amides is 1. The third kappa shape index (κ3) is 5.34. The highest BCUT2D eigenvalue weighted by atomic mass is 19.4. The van der Waals surface area contributed by atoms with E-state index in [2.05, 4.69) is 15.0 Å². The Morgan fingerprint density at radius 1 is 1.21 bits per heavy atom. The number of aromatic nitrogens is 3. The van der Waals surface area contributed by atoms with Gasteiger partial charge in [0.05, 0.1) is 12.1 Å². The molecular weight excluding hydrogens is 451 g/mol. The van der Waals surface area contributed by atoms with Gasteiger partial charge >= 0.3 is 12.3 Å². The number of hydrogen-bond donors (Lipinski definition) is 1. The maximum atomic E-state index is 13.0. The SMILES string of the molecule is C[C@@H]1CN(c2ncc(C3CC3)cn2)C[C@@H](C)N1C(=O)O[C@@H](C)Cc1c[nH]c(=O)c(C(F)(F)F)c1. The molecule has 0 unspecified atom stereocenters. The Hall–Kier alpha value is -3.11. The van der Waals surface area contributed by atoms with Crippen molar-refractivity contribution >= 4 is 12.0 Å². The molecule has 1 amide bonds. The summed E-state index contributed by atoms with van der Waals surface area (Å²) in [5.74, 6) is 1.21. The van der Waals surface area contributed by atoms with Crippen molar-refractivity contribution < 1.29 is 22.7 Å². The van der Waals surface area contributed by atoms with E-state index in [1.165, 1.54) is 19.0 Å². The summed E-state index contributed by atoms with van der Waals surface area (Å²) in [4.78, 5) is 39.1. The van der Waals surface area contributed by atoms with Crippen LogP contribution >= 0.6 is 0 Å². The molecule has 2 aromatic rings. The maximum Gasteiger partial charge on any atom is 0.421 e. The van der Waals surface area contributed by atoms with E-state index in [1.54, 1.807) is 11.8 Å². The number of aromatic amines is 1. The molecular formula is C23H28F3N5O3. The van der Waals surface area contributed by atoms with Gasteiger partial charge in [-0.3, -0.25) is 9.69 Å². The lowest BCUT2D eigenvalue weighted by Crippen LogP contribution is -2.59. The van der Waals surface area contributed by atoms with Crippen molar-refractivity contribution in [1.82, 2.24) is 19.9 Å². The average Bonchev–Trinajstić information content (AvgIpc) is 3.59. The standard InChI is InChI=1S/C23H28F3N5O3/c1-13-11-30(21-28-9-18(10-29-21)17-4-5-17)12-14(2)31(13)22(33)34-15(3)6-16-7-19(23(24,25)26)20(32)27-8-16/h7-10,13-15,17H,4-6,11-12H2,1-3H3,(H,27,32)/t13-,14-,15+/m1/s1. The quantitative estimate of drug-likeness (QED) is 0.703. The van der Waals surface area contributed by atoms with Crippen LogP contribution in [0, 0.1) is 0 Å². The lowest BCUT2D eigenvalue weighted by Gasteiger charge is -2.43. The number of H-pyrrole nitrogens is 1. The first-order chi connectivity index (χ1) is 16.0. The zero-order valence-corrected chi connectivity index (χ0v) is 19.3. The topological polar surface area (TPSA) is 91.4 Å². The number of rotatable bonds is 5. The van der Waals surface area contributed by atoms with Crippen LogP contribution in [0.5, 0.6) is 0 Å². The van der Waals surface area contributed by atoms with E-state index in [-0.39, 0.29) is 24.1 Å². The van der Waals surface area contributed by atoms with E-state index in [0.717, 1.165) is 11.6 Å².